The Balaban J connectivity index is 2.15. The maximum absolute atomic E-state index is 6.20. The first kappa shape index (κ1) is 13.2. The zero-order valence-electron chi connectivity index (χ0n) is 11.0. The SMILES string of the molecule is C[Si](C)(C)C#CCCn1ncc2cccc(Cl)c21. The van der Waals surface area contributed by atoms with Crippen molar-refractivity contribution in [2.45, 2.75) is 32.6 Å². The molecule has 0 atom stereocenters. The molecule has 0 radical (unpaired) electrons. The zero-order chi connectivity index (χ0) is 13.2. The predicted octanol–water partition coefficient (Wildman–Crippen LogP) is 3.96. The van der Waals surface area contributed by atoms with E-state index in [9.17, 15) is 0 Å². The highest BCUT2D eigenvalue weighted by atomic mass is 35.5. The fourth-order valence-electron chi connectivity index (χ4n) is 1.76. The van der Waals surface area contributed by atoms with Gasteiger partial charge in [0.25, 0.3) is 0 Å². The van der Waals surface area contributed by atoms with E-state index >= 15 is 0 Å². The lowest BCUT2D eigenvalue weighted by atomic mass is 10.2. The second-order valence-electron chi connectivity index (χ2n) is 5.35. The fraction of sp³-hybridized carbons (Fsp3) is 0.357. The summed E-state index contributed by atoms with van der Waals surface area (Å²) < 4.78 is 1.94. The number of para-hydroxylation sites is 1. The van der Waals surface area contributed by atoms with E-state index in [0.717, 1.165) is 28.9 Å². The second-order valence-corrected chi connectivity index (χ2v) is 10.5. The minimum atomic E-state index is -1.26. The monoisotopic (exact) mass is 276 g/mol. The number of halogens is 1. The van der Waals surface area contributed by atoms with Crippen LogP contribution in [0.2, 0.25) is 24.7 Å². The molecule has 0 saturated carbocycles. The lowest BCUT2D eigenvalue weighted by Crippen LogP contribution is -2.16. The molecule has 0 aliphatic heterocycles. The zero-order valence-corrected chi connectivity index (χ0v) is 12.8. The van der Waals surface area contributed by atoms with E-state index in [4.69, 9.17) is 11.6 Å². The largest absolute Gasteiger partial charge is 0.262 e. The van der Waals surface area contributed by atoms with Crippen LogP contribution in [0.1, 0.15) is 6.42 Å². The minimum absolute atomic E-state index is 0.753. The van der Waals surface area contributed by atoms with Crippen LogP contribution in [0.15, 0.2) is 24.4 Å². The summed E-state index contributed by atoms with van der Waals surface area (Å²) in [4.78, 5) is 0. The van der Waals surface area contributed by atoms with Gasteiger partial charge in [-0.15, -0.1) is 11.5 Å². The summed E-state index contributed by atoms with van der Waals surface area (Å²) in [5, 5.41) is 6.20. The average molecular weight is 277 g/mol. The maximum atomic E-state index is 6.20. The van der Waals surface area contributed by atoms with E-state index in [1.807, 2.05) is 29.1 Å². The topological polar surface area (TPSA) is 17.8 Å². The van der Waals surface area contributed by atoms with Crippen LogP contribution in [0.25, 0.3) is 10.9 Å². The number of hydrogen-bond donors (Lipinski definition) is 0. The number of aryl methyl sites for hydroxylation is 1. The van der Waals surface area contributed by atoms with Crippen LogP contribution in [-0.4, -0.2) is 17.9 Å². The maximum Gasteiger partial charge on any atom is 0.129 e. The van der Waals surface area contributed by atoms with Gasteiger partial charge in [-0.25, -0.2) is 0 Å². The average Bonchev–Trinajstić information content (AvgIpc) is 2.68. The van der Waals surface area contributed by atoms with Crippen molar-refractivity contribution < 1.29 is 0 Å². The highest BCUT2D eigenvalue weighted by Crippen LogP contribution is 2.22. The summed E-state index contributed by atoms with van der Waals surface area (Å²) in [7, 11) is -1.26. The third-order valence-electron chi connectivity index (χ3n) is 2.52. The van der Waals surface area contributed by atoms with E-state index in [0.29, 0.717) is 0 Å². The van der Waals surface area contributed by atoms with E-state index < -0.39 is 8.07 Å². The Labute approximate surface area is 114 Å². The second kappa shape index (κ2) is 5.17. The highest BCUT2D eigenvalue weighted by molar-refractivity contribution is 6.83. The molecule has 94 valence electrons. The quantitative estimate of drug-likeness (QED) is 0.600. The van der Waals surface area contributed by atoms with Crippen molar-refractivity contribution in [1.82, 2.24) is 9.78 Å². The van der Waals surface area contributed by atoms with Crippen LogP contribution >= 0.6 is 11.6 Å². The molecule has 4 heteroatoms. The van der Waals surface area contributed by atoms with Gasteiger partial charge in [-0.3, -0.25) is 4.68 Å². The van der Waals surface area contributed by atoms with Crippen LogP contribution < -0.4 is 0 Å². The van der Waals surface area contributed by atoms with Gasteiger partial charge in [0.2, 0.25) is 0 Å². The molecule has 0 fully saturated rings. The van der Waals surface area contributed by atoms with Gasteiger partial charge in [0.05, 0.1) is 23.3 Å². The summed E-state index contributed by atoms with van der Waals surface area (Å²) in [5.41, 5.74) is 4.37. The van der Waals surface area contributed by atoms with E-state index in [1.165, 1.54) is 0 Å². The first-order valence-electron chi connectivity index (χ1n) is 6.07. The van der Waals surface area contributed by atoms with Gasteiger partial charge in [0.15, 0.2) is 0 Å². The van der Waals surface area contributed by atoms with Gasteiger partial charge < -0.3 is 0 Å². The van der Waals surface area contributed by atoms with Gasteiger partial charge in [-0.2, -0.15) is 5.10 Å². The first-order valence-corrected chi connectivity index (χ1v) is 9.95. The van der Waals surface area contributed by atoms with Gasteiger partial charge in [-0.05, 0) is 6.07 Å². The Morgan fingerprint density at radius 3 is 2.83 bits per heavy atom. The number of hydrogen-bond acceptors (Lipinski definition) is 1. The predicted molar refractivity (Wildman–Crippen MR) is 80.5 cm³/mol. The molecule has 2 nitrogen and oxygen atoms in total. The van der Waals surface area contributed by atoms with Gasteiger partial charge in [0.1, 0.15) is 8.07 Å². The Morgan fingerprint density at radius 1 is 1.33 bits per heavy atom. The highest BCUT2D eigenvalue weighted by Gasteiger charge is 2.08. The van der Waals surface area contributed by atoms with Gasteiger partial charge >= 0.3 is 0 Å². The number of nitrogens with zero attached hydrogens (tertiary/aromatic N) is 2. The van der Waals surface area contributed by atoms with E-state index in [1.54, 1.807) is 0 Å². The number of rotatable bonds is 2. The van der Waals surface area contributed by atoms with E-state index in [-0.39, 0.29) is 0 Å². The number of benzene rings is 1. The molecule has 1 aromatic heterocycles. The van der Waals surface area contributed by atoms with E-state index in [2.05, 4.69) is 36.2 Å². The fourth-order valence-corrected chi connectivity index (χ4v) is 2.69. The minimum Gasteiger partial charge on any atom is -0.262 e. The van der Waals surface area contributed by atoms with Crippen LogP contribution in [0.5, 0.6) is 0 Å². The smallest absolute Gasteiger partial charge is 0.129 e. The molecular weight excluding hydrogens is 260 g/mol. The Morgan fingerprint density at radius 2 is 2.11 bits per heavy atom. The van der Waals surface area contributed by atoms with Crippen LogP contribution in [0, 0.1) is 11.5 Å². The van der Waals surface area contributed by atoms with Crippen LogP contribution in [-0.2, 0) is 6.54 Å². The van der Waals surface area contributed by atoms with Crippen molar-refractivity contribution >= 4 is 30.6 Å². The molecule has 0 unspecified atom stereocenters. The van der Waals surface area contributed by atoms with Crippen molar-refractivity contribution in [3.8, 4) is 11.5 Å². The molecule has 0 aliphatic carbocycles. The summed E-state index contributed by atoms with van der Waals surface area (Å²) in [5.74, 6) is 3.26. The first-order chi connectivity index (χ1) is 8.47. The normalized spacial score (nSPS) is 11.3. The molecule has 0 aliphatic rings. The molecule has 0 bridgehead atoms. The molecule has 0 saturated heterocycles. The van der Waals surface area contributed by atoms with Crippen LogP contribution in [0.3, 0.4) is 0 Å². The Bertz CT molecular complexity index is 614. The molecular formula is C14H17ClN2Si. The van der Waals surface area contributed by atoms with Gasteiger partial charge in [-0.1, -0.05) is 43.4 Å². The summed E-state index contributed by atoms with van der Waals surface area (Å²) in [6, 6.07) is 5.87. The molecule has 1 aromatic carbocycles. The van der Waals surface area contributed by atoms with Crippen LogP contribution in [0.4, 0.5) is 0 Å². The molecule has 0 amide bonds. The molecule has 0 spiro atoms. The molecule has 1 heterocycles. The lowest BCUT2D eigenvalue weighted by Gasteiger charge is -2.04. The van der Waals surface area contributed by atoms with Crippen molar-refractivity contribution in [3.63, 3.8) is 0 Å². The standard InChI is InChI=1S/C14H17ClN2Si/c1-18(2,3)10-5-4-9-17-14-12(11-16-17)7-6-8-13(14)15/h6-8,11H,4,9H2,1-3H3. The number of fused-ring (bicyclic) bond motifs is 1. The summed E-state index contributed by atoms with van der Waals surface area (Å²) in [6.07, 6.45) is 2.68. The van der Waals surface area contributed by atoms with Crippen molar-refractivity contribution in [2.24, 2.45) is 0 Å². The Hall–Kier alpha value is -1.24. The molecule has 18 heavy (non-hydrogen) atoms. The summed E-state index contributed by atoms with van der Waals surface area (Å²) >= 11 is 6.20. The van der Waals surface area contributed by atoms with Crippen molar-refractivity contribution in [1.29, 1.82) is 0 Å². The lowest BCUT2D eigenvalue weighted by molar-refractivity contribution is 0.652. The van der Waals surface area contributed by atoms with Gasteiger partial charge in [0, 0.05) is 11.8 Å². The van der Waals surface area contributed by atoms with Crippen molar-refractivity contribution in [3.05, 3.63) is 29.4 Å². The summed E-state index contributed by atoms with van der Waals surface area (Å²) in [6.45, 7) is 7.55. The molecule has 2 rings (SSSR count). The number of aromatic nitrogens is 2. The Kier molecular flexibility index (Phi) is 3.79. The third-order valence-corrected chi connectivity index (χ3v) is 3.76. The molecule has 2 aromatic rings. The van der Waals surface area contributed by atoms with Crippen molar-refractivity contribution in [2.75, 3.05) is 0 Å². The third kappa shape index (κ3) is 3.15. The molecule has 0 N–H and O–H groups in total.